The van der Waals surface area contributed by atoms with E-state index >= 15 is 0 Å². The Balaban J connectivity index is 2.01. The number of fused-ring (bicyclic) bond motifs is 1. The molecule has 21 heavy (non-hydrogen) atoms. The molecule has 0 atom stereocenters. The van der Waals surface area contributed by atoms with Gasteiger partial charge in [-0.3, -0.25) is 4.68 Å². The Labute approximate surface area is 125 Å². The summed E-state index contributed by atoms with van der Waals surface area (Å²) in [6, 6.07) is 15.0. The molecule has 1 heterocycles. The highest BCUT2D eigenvalue weighted by atomic mass is 15.3. The minimum absolute atomic E-state index is 0.817. The van der Waals surface area contributed by atoms with E-state index in [0.717, 1.165) is 18.8 Å². The molecule has 0 unspecified atom stereocenters. The van der Waals surface area contributed by atoms with Crippen molar-refractivity contribution in [1.82, 2.24) is 15.1 Å². The quantitative estimate of drug-likeness (QED) is 0.793. The van der Waals surface area contributed by atoms with Crippen LogP contribution in [0.25, 0.3) is 10.8 Å². The molecule has 0 saturated heterocycles. The predicted octanol–water partition coefficient (Wildman–Crippen LogP) is 3.42. The van der Waals surface area contributed by atoms with Gasteiger partial charge in [-0.15, -0.1) is 0 Å². The van der Waals surface area contributed by atoms with Crippen LogP contribution in [0.5, 0.6) is 0 Å². The monoisotopic (exact) mass is 279 g/mol. The Bertz CT molecular complexity index is 766. The first-order valence-corrected chi connectivity index (χ1v) is 7.35. The molecule has 0 aliphatic heterocycles. The number of benzene rings is 2. The molecule has 0 radical (unpaired) electrons. The first kappa shape index (κ1) is 13.8. The van der Waals surface area contributed by atoms with Crippen molar-refractivity contribution in [1.29, 1.82) is 0 Å². The van der Waals surface area contributed by atoms with Crippen LogP contribution in [0.15, 0.2) is 42.5 Å². The zero-order chi connectivity index (χ0) is 14.8. The van der Waals surface area contributed by atoms with Crippen LogP contribution in [0, 0.1) is 13.8 Å². The van der Waals surface area contributed by atoms with Gasteiger partial charge in [0.1, 0.15) is 0 Å². The molecular formula is C18H21N3. The van der Waals surface area contributed by atoms with Crippen molar-refractivity contribution in [2.45, 2.75) is 26.9 Å². The molecule has 108 valence electrons. The Morgan fingerprint density at radius 3 is 2.62 bits per heavy atom. The lowest BCUT2D eigenvalue weighted by Gasteiger charge is -2.09. The molecule has 0 fully saturated rings. The summed E-state index contributed by atoms with van der Waals surface area (Å²) in [5.74, 6) is 0. The molecule has 0 saturated carbocycles. The summed E-state index contributed by atoms with van der Waals surface area (Å²) in [6.07, 6.45) is 0. The van der Waals surface area contributed by atoms with Gasteiger partial charge in [0.05, 0.1) is 12.2 Å². The van der Waals surface area contributed by atoms with Crippen molar-refractivity contribution in [3.05, 3.63) is 65.0 Å². The molecule has 3 rings (SSSR count). The minimum atomic E-state index is 0.817. The summed E-state index contributed by atoms with van der Waals surface area (Å²) in [6.45, 7) is 5.92. The number of aryl methyl sites for hydroxylation is 1. The van der Waals surface area contributed by atoms with E-state index in [0.29, 0.717) is 0 Å². The maximum absolute atomic E-state index is 4.71. The fourth-order valence-electron chi connectivity index (χ4n) is 2.91. The summed E-state index contributed by atoms with van der Waals surface area (Å²) >= 11 is 0. The lowest BCUT2D eigenvalue weighted by molar-refractivity contribution is 0.660. The number of hydrogen-bond acceptors (Lipinski definition) is 2. The van der Waals surface area contributed by atoms with E-state index in [1.54, 1.807) is 0 Å². The summed E-state index contributed by atoms with van der Waals surface area (Å²) in [5, 5.41) is 10.5. The lowest BCUT2D eigenvalue weighted by atomic mass is 10.0. The van der Waals surface area contributed by atoms with Gasteiger partial charge < -0.3 is 5.32 Å². The summed E-state index contributed by atoms with van der Waals surface area (Å²) in [5.41, 5.74) is 4.98. The number of nitrogens with zero attached hydrogens (tertiary/aromatic N) is 2. The first-order valence-electron chi connectivity index (χ1n) is 7.35. The number of rotatable bonds is 4. The Kier molecular flexibility index (Phi) is 3.76. The third-order valence-corrected chi connectivity index (χ3v) is 4.08. The van der Waals surface area contributed by atoms with Gasteiger partial charge in [0.15, 0.2) is 0 Å². The van der Waals surface area contributed by atoms with Crippen molar-refractivity contribution >= 4 is 10.8 Å². The van der Waals surface area contributed by atoms with Gasteiger partial charge in [-0.05, 0) is 37.2 Å². The van der Waals surface area contributed by atoms with Crippen LogP contribution in [-0.2, 0) is 13.1 Å². The fraction of sp³-hybridized carbons (Fsp3) is 0.278. The maximum atomic E-state index is 4.71. The van der Waals surface area contributed by atoms with Crippen LogP contribution in [0.4, 0.5) is 0 Å². The van der Waals surface area contributed by atoms with Crippen LogP contribution in [-0.4, -0.2) is 16.8 Å². The fourth-order valence-corrected chi connectivity index (χ4v) is 2.91. The van der Waals surface area contributed by atoms with Gasteiger partial charge in [0.25, 0.3) is 0 Å². The van der Waals surface area contributed by atoms with Gasteiger partial charge in [-0.2, -0.15) is 5.10 Å². The van der Waals surface area contributed by atoms with E-state index < -0.39 is 0 Å². The minimum Gasteiger partial charge on any atom is -0.316 e. The van der Waals surface area contributed by atoms with Gasteiger partial charge in [0, 0.05) is 17.8 Å². The van der Waals surface area contributed by atoms with Gasteiger partial charge >= 0.3 is 0 Å². The molecule has 0 bridgehead atoms. The van der Waals surface area contributed by atoms with Gasteiger partial charge in [-0.25, -0.2) is 0 Å². The molecule has 0 amide bonds. The highest BCUT2D eigenvalue weighted by Crippen LogP contribution is 2.21. The molecule has 1 aromatic heterocycles. The summed E-state index contributed by atoms with van der Waals surface area (Å²) < 4.78 is 2.11. The Morgan fingerprint density at radius 1 is 1.05 bits per heavy atom. The number of nitrogens with one attached hydrogen (secondary N) is 1. The molecule has 0 spiro atoms. The first-order chi connectivity index (χ1) is 10.2. The van der Waals surface area contributed by atoms with E-state index in [2.05, 4.69) is 66.3 Å². The molecule has 3 heteroatoms. The Hall–Kier alpha value is -2.13. The Morgan fingerprint density at radius 2 is 1.81 bits per heavy atom. The third kappa shape index (κ3) is 2.57. The van der Waals surface area contributed by atoms with Crippen molar-refractivity contribution < 1.29 is 0 Å². The standard InChI is InChI=1S/C18H21N3/c1-13-18(11-19-3)14(2)21(20-13)12-16-9-6-8-15-7-4-5-10-17(15)16/h4-10,19H,11-12H2,1-3H3. The number of hydrogen-bond donors (Lipinski definition) is 1. The number of aromatic nitrogens is 2. The second-order valence-corrected chi connectivity index (χ2v) is 5.48. The van der Waals surface area contributed by atoms with Crippen molar-refractivity contribution in [2.24, 2.45) is 0 Å². The summed E-state index contributed by atoms with van der Waals surface area (Å²) in [7, 11) is 1.97. The van der Waals surface area contributed by atoms with E-state index in [4.69, 9.17) is 5.10 Å². The lowest BCUT2D eigenvalue weighted by Crippen LogP contribution is -2.08. The maximum Gasteiger partial charge on any atom is 0.0668 e. The van der Waals surface area contributed by atoms with Crippen LogP contribution in [0.2, 0.25) is 0 Å². The highest BCUT2D eigenvalue weighted by Gasteiger charge is 2.11. The normalized spacial score (nSPS) is 11.2. The van der Waals surface area contributed by atoms with Crippen molar-refractivity contribution in [3.8, 4) is 0 Å². The highest BCUT2D eigenvalue weighted by molar-refractivity contribution is 5.85. The average Bonchev–Trinajstić information content (AvgIpc) is 2.76. The van der Waals surface area contributed by atoms with Crippen LogP contribution >= 0.6 is 0 Å². The van der Waals surface area contributed by atoms with E-state index in [1.807, 2.05) is 7.05 Å². The molecule has 0 aliphatic rings. The second kappa shape index (κ2) is 5.70. The van der Waals surface area contributed by atoms with E-state index in [-0.39, 0.29) is 0 Å². The van der Waals surface area contributed by atoms with E-state index in [1.165, 1.54) is 27.6 Å². The SMILES string of the molecule is CNCc1c(C)nn(Cc2cccc3ccccc23)c1C. The van der Waals surface area contributed by atoms with Gasteiger partial charge in [-0.1, -0.05) is 42.5 Å². The summed E-state index contributed by atoms with van der Waals surface area (Å²) in [4.78, 5) is 0. The zero-order valence-electron chi connectivity index (χ0n) is 12.9. The molecular weight excluding hydrogens is 258 g/mol. The van der Waals surface area contributed by atoms with Crippen LogP contribution in [0.1, 0.15) is 22.5 Å². The van der Waals surface area contributed by atoms with Crippen molar-refractivity contribution in [3.63, 3.8) is 0 Å². The molecule has 3 nitrogen and oxygen atoms in total. The van der Waals surface area contributed by atoms with E-state index in [9.17, 15) is 0 Å². The molecule has 1 N–H and O–H groups in total. The smallest absolute Gasteiger partial charge is 0.0668 e. The molecule has 0 aliphatic carbocycles. The predicted molar refractivity (Wildman–Crippen MR) is 87.5 cm³/mol. The van der Waals surface area contributed by atoms with Crippen molar-refractivity contribution in [2.75, 3.05) is 7.05 Å². The second-order valence-electron chi connectivity index (χ2n) is 5.48. The van der Waals surface area contributed by atoms with Crippen LogP contribution in [0.3, 0.4) is 0 Å². The topological polar surface area (TPSA) is 29.9 Å². The third-order valence-electron chi connectivity index (χ3n) is 4.08. The molecule has 3 aromatic rings. The largest absolute Gasteiger partial charge is 0.316 e. The average molecular weight is 279 g/mol. The zero-order valence-corrected chi connectivity index (χ0v) is 12.9. The molecule has 2 aromatic carbocycles. The van der Waals surface area contributed by atoms with Gasteiger partial charge in [0.2, 0.25) is 0 Å². The van der Waals surface area contributed by atoms with Crippen LogP contribution < -0.4 is 5.32 Å².